The van der Waals surface area contributed by atoms with Crippen molar-refractivity contribution < 1.29 is 17.9 Å². The van der Waals surface area contributed by atoms with Crippen LogP contribution in [0.15, 0.2) is 37.2 Å². The minimum absolute atomic E-state index is 0.00706. The van der Waals surface area contributed by atoms with E-state index in [1.54, 1.807) is 6.92 Å². The third kappa shape index (κ3) is 2.38. The summed E-state index contributed by atoms with van der Waals surface area (Å²) in [7, 11) is 0. The molecule has 1 aliphatic rings. The summed E-state index contributed by atoms with van der Waals surface area (Å²) < 4.78 is 49.7. The number of benzene rings is 1. The molecule has 1 aromatic carbocycles. The smallest absolute Gasteiger partial charge is 0.185 e. The SMILES string of the molecule is CC1(c2ncnc(Cl)c2F)OC1(Cn1cncn1)c1ccc(F)cc1F. The lowest BCUT2D eigenvalue weighted by Gasteiger charge is -2.18. The lowest BCUT2D eigenvalue weighted by Crippen LogP contribution is -2.28. The molecule has 0 spiro atoms. The van der Waals surface area contributed by atoms with Gasteiger partial charge in [-0.3, -0.25) is 0 Å². The molecule has 0 bridgehead atoms. The Morgan fingerprint density at radius 3 is 2.69 bits per heavy atom. The van der Waals surface area contributed by atoms with Crippen LogP contribution < -0.4 is 0 Å². The van der Waals surface area contributed by atoms with Gasteiger partial charge in [-0.1, -0.05) is 17.7 Å². The molecule has 134 valence electrons. The third-order valence-electron chi connectivity index (χ3n) is 4.52. The summed E-state index contributed by atoms with van der Waals surface area (Å²) in [6, 6.07) is 3.10. The zero-order valence-corrected chi connectivity index (χ0v) is 14.1. The van der Waals surface area contributed by atoms with Gasteiger partial charge >= 0.3 is 0 Å². The second-order valence-electron chi connectivity index (χ2n) is 6.01. The maximum atomic E-state index is 14.5. The number of epoxide rings is 1. The summed E-state index contributed by atoms with van der Waals surface area (Å²) >= 11 is 5.75. The first-order chi connectivity index (χ1) is 12.4. The monoisotopic (exact) mass is 381 g/mol. The van der Waals surface area contributed by atoms with E-state index in [1.165, 1.54) is 23.4 Å². The zero-order chi connectivity index (χ0) is 18.5. The fourth-order valence-electron chi connectivity index (χ4n) is 3.18. The first kappa shape index (κ1) is 16.9. The van der Waals surface area contributed by atoms with Gasteiger partial charge < -0.3 is 4.74 Å². The molecular weight excluding hydrogens is 371 g/mol. The van der Waals surface area contributed by atoms with Crippen molar-refractivity contribution in [3.05, 3.63) is 71.0 Å². The molecule has 2 aromatic heterocycles. The molecule has 0 radical (unpaired) electrons. The van der Waals surface area contributed by atoms with Gasteiger partial charge in [-0.05, 0) is 13.0 Å². The number of nitrogens with zero attached hydrogens (tertiary/aromatic N) is 5. The molecule has 10 heteroatoms. The maximum Gasteiger partial charge on any atom is 0.185 e. The molecule has 0 aliphatic carbocycles. The van der Waals surface area contributed by atoms with Crippen LogP contribution in [0.1, 0.15) is 18.2 Å². The van der Waals surface area contributed by atoms with Crippen molar-refractivity contribution in [3.63, 3.8) is 0 Å². The van der Waals surface area contributed by atoms with Crippen molar-refractivity contribution in [1.82, 2.24) is 24.7 Å². The van der Waals surface area contributed by atoms with E-state index in [4.69, 9.17) is 16.3 Å². The average molecular weight is 382 g/mol. The summed E-state index contributed by atoms with van der Waals surface area (Å²) in [5.74, 6) is -2.42. The number of aromatic nitrogens is 5. The van der Waals surface area contributed by atoms with Gasteiger partial charge in [-0.25, -0.2) is 32.8 Å². The summed E-state index contributed by atoms with van der Waals surface area (Å²) in [6.45, 7) is 1.56. The van der Waals surface area contributed by atoms with Gasteiger partial charge in [0, 0.05) is 11.6 Å². The molecule has 0 N–H and O–H groups in total. The summed E-state index contributed by atoms with van der Waals surface area (Å²) in [5, 5.41) is 3.62. The maximum absolute atomic E-state index is 14.5. The van der Waals surface area contributed by atoms with Crippen LogP contribution >= 0.6 is 11.6 Å². The summed E-state index contributed by atoms with van der Waals surface area (Å²) in [6.07, 6.45) is 3.81. The number of halogens is 4. The third-order valence-corrected chi connectivity index (χ3v) is 4.79. The van der Waals surface area contributed by atoms with Gasteiger partial charge in [0.15, 0.2) is 16.6 Å². The molecule has 4 rings (SSSR count). The molecule has 0 amide bonds. The first-order valence-electron chi connectivity index (χ1n) is 7.52. The Labute approximate surface area is 150 Å². The van der Waals surface area contributed by atoms with Crippen LogP contribution in [0.25, 0.3) is 0 Å². The summed E-state index contributed by atoms with van der Waals surface area (Å²) in [5.41, 5.74) is -2.82. The molecule has 1 saturated heterocycles. The van der Waals surface area contributed by atoms with Gasteiger partial charge in [-0.2, -0.15) is 5.10 Å². The molecule has 6 nitrogen and oxygen atoms in total. The lowest BCUT2D eigenvalue weighted by molar-refractivity contribution is 0.241. The van der Waals surface area contributed by atoms with Gasteiger partial charge in [0.25, 0.3) is 0 Å². The fraction of sp³-hybridized carbons (Fsp3) is 0.250. The van der Waals surface area contributed by atoms with E-state index in [-0.39, 0.29) is 23.0 Å². The molecule has 2 atom stereocenters. The zero-order valence-electron chi connectivity index (χ0n) is 13.3. The highest BCUT2D eigenvalue weighted by atomic mass is 35.5. The second kappa shape index (κ2) is 5.75. The minimum Gasteiger partial charge on any atom is -0.349 e. The Balaban J connectivity index is 1.87. The minimum atomic E-state index is -1.38. The van der Waals surface area contributed by atoms with Gasteiger partial charge in [0.1, 0.15) is 41.9 Å². The molecular formula is C16H11ClF3N5O. The quantitative estimate of drug-likeness (QED) is 0.513. The van der Waals surface area contributed by atoms with Gasteiger partial charge in [0.05, 0.1) is 6.54 Å². The molecule has 1 fully saturated rings. The predicted octanol–water partition coefficient (Wildman–Crippen LogP) is 2.98. The second-order valence-corrected chi connectivity index (χ2v) is 6.36. The van der Waals surface area contributed by atoms with Gasteiger partial charge in [0.2, 0.25) is 0 Å². The normalized spacial score (nSPS) is 24.7. The van der Waals surface area contributed by atoms with E-state index in [0.29, 0.717) is 0 Å². The van der Waals surface area contributed by atoms with E-state index >= 15 is 0 Å². The highest BCUT2D eigenvalue weighted by Crippen LogP contribution is 2.63. The van der Waals surface area contributed by atoms with Crippen LogP contribution in [0.2, 0.25) is 5.15 Å². The molecule has 0 saturated carbocycles. The van der Waals surface area contributed by atoms with Crippen LogP contribution in [-0.2, 0) is 22.5 Å². The predicted molar refractivity (Wildman–Crippen MR) is 83.5 cm³/mol. The topological polar surface area (TPSA) is 69.0 Å². The Morgan fingerprint density at radius 1 is 1.19 bits per heavy atom. The number of rotatable bonds is 4. The number of hydrogen-bond acceptors (Lipinski definition) is 5. The molecule has 1 aliphatic heterocycles. The standard InChI is InChI=1S/C16H11ClF3N5O/c1-15(13-12(20)14(17)23-7-22-13)16(26-15,5-25-8-21-6-24-25)10-3-2-9(18)4-11(10)19/h2-4,6-8H,5H2,1H3. The highest BCUT2D eigenvalue weighted by molar-refractivity contribution is 6.29. The van der Waals surface area contributed by atoms with Crippen LogP contribution in [0.5, 0.6) is 0 Å². The van der Waals surface area contributed by atoms with Crippen molar-refractivity contribution in [3.8, 4) is 0 Å². The van der Waals surface area contributed by atoms with Crippen LogP contribution in [0, 0.1) is 17.5 Å². The van der Waals surface area contributed by atoms with E-state index in [1.807, 2.05) is 0 Å². The number of hydrogen-bond donors (Lipinski definition) is 0. The van der Waals surface area contributed by atoms with Crippen molar-refractivity contribution in [2.75, 3.05) is 0 Å². The first-order valence-corrected chi connectivity index (χ1v) is 7.90. The Kier molecular flexibility index (Phi) is 3.74. The summed E-state index contributed by atoms with van der Waals surface area (Å²) in [4.78, 5) is 11.3. The number of ether oxygens (including phenoxy) is 1. The molecule has 3 heterocycles. The van der Waals surface area contributed by atoms with Crippen molar-refractivity contribution in [2.45, 2.75) is 24.7 Å². The van der Waals surface area contributed by atoms with E-state index in [0.717, 1.165) is 18.5 Å². The van der Waals surface area contributed by atoms with Crippen LogP contribution in [0.3, 0.4) is 0 Å². The molecule has 2 unspecified atom stereocenters. The van der Waals surface area contributed by atoms with Crippen molar-refractivity contribution >= 4 is 11.6 Å². The Morgan fingerprint density at radius 2 is 2.00 bits per heavy atom. The molecule has 3 aromatic rings. The van der Waals surface area contributed by atoms with Crippen molar-refractivity contribution in [2.24, 2.45) is 0 Å². The van der Waals surface area contributed by atoms with Crippen LogP contribution in [0.4, 0.5) is 13.2 Å². The molecule has 26 heavy (non-hydrogen) atoms. The van der Waals surface area contributed by atoms with Crippen molar-refractivity contribution in [1.29, 1.82) is 0 Å². The average Bonchev–Trinajstić information content (AvgIpc) is 2.93. The highest BCUT2D eigenvalue weighted by Gasteiger charge is 2.72. The fourth-order valence-corrected chi connectivity index (χ4v) is 3.32. The van der Waals surface area contributed by atoms with E-state index in [9.17, 15) is 13.2 Å². The van der Waals surface area contributed by atoms with E-state index in [2.05, 4.69) is 20.1 Å². The Bertz CT molecular complexity index is 986. The lowest BCUT2D eigenvalue weighted by atomic mass is 9.84. The van der Waals surface area contributed by atoms with Crippen LogP contribution in [-0.4, -0.2) is 24.7 Å². The van der Waals surface area contributed by atoms with E-state index < -0.39 is 28.7 Å². The van der Waals surface area contributed by atoms with Gasteiger partial charge in [-0.15, -0.1) is 0 Å². The largest absolute Gasteiger partial charge is 0.349 e. The Hall–Kier alpha value is -2.52.